The lowest BCUT2D eigenvalue weighted by atomic mass is 10.1. The normalized spacial score (nSPS) is 23.4. The number of benzene rings is 1. The van der Waals surface area contributed by atoms with Crippen molar-refractivity contribution < 1.29 is 8.42 Å². The second kappa shape index (κ2) is 5.35. The lowest BCUT2D eigenvalue weighted by Gasteiger charge is -2.30. The molecule has 0 bridgehead atoms. The maximum atomic E-state index is 12.4. The van der Waals surface area contributed by atoms with Gasteiger partial charge in [0, 0.05) is 24.8 Å². The number of likely N-dealkylation sites (N-methyl/N-ethyl adjacent to an activating group) is 1. The molecule has 2 heterocycles. The van der Waals surface area contributed by atoms with E-state index in [1.807, 2.05) is 13.1 Å². The molecule has 1 unspecified atom stereocenters. The van der Waals surface area contributed by atoms with Gasteiger partial charge >= 0.3 is 0 Å². The SMILES string of the molecule is CN1CCCC(NS(=O)(=O)c2ccc3c(c2)NCC3)C1. The van der Waals surface area contributed by atoms with Crippen molar-refractivity contribution in [2.75, 3.05) is 32.0 Å². The third-order valence-corrected chi connectivity index (χ3v) is 5.57. The van der Waals surface area contributed by atoms with Gasteiger partial charge in [-0.05, 0) is 50.6 Å². The Bertz CT molecular complexity index is 600. The first kappa shape index (κ1) is 13.9. The van der Waals surface area contributed by atoms with Gasteiger partial charge in [-0.1, -0.05) is 6.07 Å². The van der Waals surface area contributed by atoms with Crippen molar-refractivity contribution in [2.24, 2.45) is 0 Å². The van der Waals surface area contributed by atoms with Crippen LogP contribution in [0.4, 0.5) is 5.69 Å². The highest BCUT2D eigenvalue weighted by molar-refractivity contribution is 7.89. The summed E-state index contributed by atoms with van der Waals surface area (Å²) in [6.45, 7) is 2.71. The van der Waals surface area contributed by atoms with E-state index in [4.69, 9.17) is 0 Å². The van der Waals surface area contributed by atoms with Gasteiger partial charge in [0.15, 0.2) is 0 Å². The summed E-state index contributed by atoms with van der Waals surface area (Å²) in [6, 6.07) is 5.38. The number of hydrogen-bond donors (Lipinski definition) is 2. The zero-order valence-corrected chi connectivity index (χ0v) is 12.5. The zero-order chi connectivity index (χ0) is 14.2. The van der Waals surface area contributed by atoms with Gasteiger partial charge < -0.3 is 10.2 Å². The molecule has 1 atom stereocenters. The van der Waals surface area contributed by atoms with Crippen molar-refractivity contribution in [3.05, 3.63) is 23.8 Å². The Labute approximate surface area is 120 Å². The van der Waals surface area contributed by atoms with Crippen molar-refractivity contribution in [1.29, 1.82) is 0 Å². The fraction of sp³-hybridized carbons (Fsp3) is 0.571. The first-order valence-electron chi connectivity index (χ1n) is 7.12. The van der Waals surface area contributed by atoms with E-state index in [1.54, 1.807) is 12.1 Å². The van der Waals surface area contributed by atoms with Gasteiger partial charge in [0.1, 0.15) is 0 Å². The average molecular weight is 295 g/mol. The summed E-state index contributed by atoms with van der Waals surface area (Å²) in [6.07, 6.45) is 2.92. The minimum Gasteiger partial charge on any atom is -0.384 e. The Morgan fingerprint density at radius 3 is 3.05 bits per heavy atom. The molecule has 5 nitrogen and oxygen atoms in total. The number of likely N-dealkylation sites (tertiary alicyclic amines) is 1. The van der Waals surface area contributed by atoms with E-state index < -0.39 is 10.0 Å². The Hall–Kier alpha value is -1.11. The molecular formula is C14H21N3O2S. The van der Waals surface area contributed by atoms with Crippen molar-refractivity contribution in [3.8, 4) is 0 Å². The van der Waals surface area contributed by atoms with Gasteiger partial charge in [0.2, 0.25) is 10.0 Å². The third kappa shape index (κ3) is 2.82. The predicted molar refractivity (Wildman–Crippen MR) is 79.5 cm³/mol. The lowest BCUT2D eigenvalue weighted by Crippen LogP contribution is -2.46. The Kier molecular flexibility index (Phi) is 3.70. The number of hydrogen-bond acceptors (Lipinski definition) is 4. The van der Waals surface area contributed by atoms with Crippen molar-refractivity contribution >= 4 is 15.7 Å². The largest absolute Gasteiger partial charge is 0.384 e. The summed E-state index contributed by atoms with van der Waals surface area (Å²) in [5.74, 6) is 0. The van der Waals surface area contributed by atoms with E-state index in [0.717, 1.165) is 44.6 Å². The molecule has 110 valence electrons. The lowest BCUT2D eigenvalue weighted by molar-refractivity contribution is 0.242. The van der Waals surface area contributed by atoms with Gasteiger partial charge in [-0.15, -0.1) is 0 Å². The maximum absolute atomic E-state index is 12.4. The standard InChI is InChI=1S/C14H21N3O2S/c1-17-8-2-3-12(10-17)16-20(18,19)13-5-4-11-6-7-15-14(11)9-13/h4-5,9,12,15-16H,2-3,6-8,10H2,1H3. The van der Waals surface area contributed by atoms with E-state index in [9.17, 15) is 8.42 Å². The monoisotopic (exact) mass is 295 g/mol. The Balaban J connectivity index is 1.77. The quantitative estimate of drug-likeness (QED) is 0.874. The number of anilines is 1. The van der Waals surface area contributed by atoms with Crippen LogP contribution in [0.15, 0.2) is 23.1 Å². The van der Waals surface area contributed by atoms with Crippen molar-refractivity contribution in [2.45, 2.75) is 30.2 Å². The molecule has 0 radical (unpaired) electrons. The molecule has 2 N–H and O–H groups in total. The van der Waals surface area contributed by atoms with Gasteiger partial charge in [-0.3, -0.25) is 0 Å². The van der Waals surface area contributed by atoms with Gasteiger partial charge in [0.05, 0.1) is 4.90 Å². The van der Waals surface area contributed by atoms with E-state index in [0.29, 0.717) is 4.90 Å². The van der Waals surface area contributed by atoms with Crippen molar-refractivity contribution in [3.63, 3.8) is 0 Å². The molecule has 0 saturated carbocycles. The molecule has 1 saturated heterocycles. The molecule has 0 aromatic heterocycles. The molecule has 0 aliphatic carbocycles. The molecule has 3 rings (SSSR count). The number of sulfonamides is 1. The van der Waals surface area contributed by atoms with Crippen LogP contribution in [0, 0.1) is 0 Å². The highest BCUT2D eigenvalue weighted by Crippen LogP contribution is 2.25. The van der Waals surface area contributed by atoms with Crippen LogP contribution in [-0.4, -0.2) is 46.0 Å². The zero-order valence-electron chi connectivity index (χ0n) is 11.7. The number of nitrogens with zero attached hydrogens (tertiary/aromatic N) is 1. The third-order valence-electron chi connectivity index (χ3n) is 4.05. The topological polar surface area (TPSA) is 61.4 Å². The summed E-state index contributed by atoms with van der Waals surface area (Å²) in [5, 5.41) is 3.22. The van der Waals surface area contributed by atoms with Crippen LogP contribution < -0.4 is 10.0 Å². The summed E-state index contributed by atoms with van der Waals surface area (Å²) in [7, 11) is -1.39. The highest BCUT2D eigenvalue weighted by atomic mass is 32.2. The van der Waals surface area contributed by atoms with Crippen LogP contribution in [0.2, 0.25) is 0 Å². The van der Waals surface area contributed by atoms with Crippen LogP contribution in [0.25, 0.3) is 0 Å². The molecule has 0 amide bonds. The summed E-state index contributed by atoms with van der Waals surface area (Å²) < 4.78 is 27.7. The number of fused-ring (bicyclic) bond motifs is 1. The van der Waals surface area contributed by atoms with Crippen molar-refractivity contribution in [1.82, 2.24) is 9.62 Å². The first-order valence-corrected chi connectivity index (χ1v) is 8.60. The smallest absolute Gasteiger partial charge is 0.240 e. The molecule has 1 aromatic carbocycles. The van der Waals surface area contributed by atoms with E-state index in [-0.39, 0.29) is 6.04 Å². The average Bonchev–Trinajstić information content (AvgIpc) is 2.85. The van der Waals surface area contributed by atoms with Crippen LogP contribution in [-0.2, 0) is 16.4 Å². The first-order chi connectivity index (χ1) is 9.54. The molecule has 1 aromatic rings. The summed E-state index contributed by atoms with van der Waals surface area (Å²) >= 11 is 0. The number of piperidine rings is 1. The van der Waals surface area contributed by atoms with E-state index >= 15 is 0 Å². The van der Waals surface area contributed by atoms with Gasteiger partial charge in [0.25, 0.3) is 0 Å². The summed E-state index contributed by atoms with van der Waals surface area (Å²) in [4.78, 5) is 2.53. The summed E-state index contributed by atoms with van der Waals surface area (Å²) in [5.41, 5.74) is 2.15. The second-order valence-corrected chi connectivity index (χ2v) is 7.43. The molecule has 2 aliphatic rings. The predicted octanol–water partition coefficient (Wildman–Crippen LogP) is 1.03. The number of nitrogens with one attached hydrogen (secondary N) is 2. The minimum absolute atomic E-state index is 0.0139. The van der Waals surface area contributed by atoms with Crippen LogP contribution >= 0.6 is 0 Å². The minimum atomic E-state index is -3.42. The maximum Gasteiger partial charge on any atom is 0.240 e. The van der Waals surface area contributed by atoms with E-state index in [2.05, 4.69) is 14.9 Å². The fourth-order valence-electron chi connectivity index (χ4n) is 2.99. The van der Waals surface area contributed by atoms with Crippen LogP contribution in [0.1, 0.15) is 18.4 Å². The van der Waals surface area contributed by atoms with Crippen LogP contribution in [0.5, 0.6) is 0 Å². The van der Waals surface area contributed by atoms with Crippen LogP contribution in [0.3, 0.4) is 0 Å². The molecular weight excluding hydrogens is 274 g/mol. The van der Waals surface area contributed by atoms with Gasteiger partial charge in [-0.25, -0.2) is 13.1 Å². The van der Waals surface area contributed by atoms with E-state index in [1.165, 1.54) is 5.56 Å². The highest BCUT2D eigenvalue weighted by Gasteiger charge is 2.24. The molecule has 20 heavy (non-hydrogen) atoms. The number of rotatable bonds is 3. The van der Waals surface area contributed by atoms with Gasteiger partial charge in [-0.2, -0.15) is 0 Å². The fourth-order valence-corrected chi connectivity index (χ4v) is 4.27. The molecule has 1 fully saturated rings. The Morgan fingerprint density at radius 1 is 1.40 bits per heavy atom. The molecule has 0 spiro atoms. The molecule has 6 heteroatoms. The Morgan fingerprint density at radius 2 is 2.25 bits per heavy atom. The molecule has 2 aliphatic heterocycles. The second-order valence-electron chi connectivity index (χ2n) is 5.72.